The van der Waals surface area contributed by atoms with Gasteiger partial charge in [-0.25, -0.2) is 0 Å². The Kier molecular flexibility index (Phi) is 8.80. The van der Waals surface area contributed by atoms with E-state index in [2.05, 4.69) is 16.0 Å². The average Bonchev–Trinajstić information content (AvgIpc) is 2.67. The highest BCUT2D eigenvalue weighted by Gasteiger charge is 2.14. The van der Waals surface area contributed by atoms with Crippen molar-refractivity contribution in [3.63, 3.8) is 0 Å². The van der Waals surface area contributed by atoms with Crippen LogP contribution in [0, 0.1) is 11.8 Å². The molecule has 0 aliphatic rings. The predicted octanol–water partition coefficient (Wildman–Crippen LogP) is 4.83. The van der Waals surface area contributed by atoms with Gasteiger partial charge in [0.2, 0.25) is 5.91 Å². The molecular formula is C23H29N3O3S. The SMILES string of the molecule is CC(C)COc1ccccc1C(=O)NC(=S)Nc1ccc(NC(=O)CC(C)C)cc1. The zero-order valence-electron chi connectivity index (χ0n) is 17.8. The molecule has 2 rings (SSSR count). The molecule has 2 amide bonds. The number of benzene rings is 2. The Morgan fingerprint density at radius 3 is 2.10 bits per heavy atom. The monoisotopic (exact) mass is 427 g/mol. The fraction of sp³-hybridized carbons (Fsp3) is 0.348. The van der Waals surface area contributed by atoms with E-state index in [0.29, 0.717) is 47.6 Å². The summed E-state index contributed by atoms with van der Waals surface area (Å²) in [4.78, 5) is 24.5. The summed E-state index contributed by atoms with van der Waals surface area (Å²) in [5.41, 5.74) is 1.83. The molecule has 6 nitrogen and oxygen atoms in total. The number of amides is 2. The van der Waals surface area contributed by atoms with Crippen molar-refractivity contribution in [3.8, 4) is 5.75 Å². The summed E-state index contributed by atoms with van der Waals surface area (Å²) in [6.07, 6.45) is 0.471. The first-order valence-electron chi connectivity index (χ1n) is 9.98. The molecule has 2 aromatic rings. The van der Waals surface area contributed by atoms with Crippen molar-refractivity contribution in [2.45, 2.75) is 34.1 Å². The Hall–Kier alpha value is -2.93. The number of hydrogen-bond donors (Lipinski definition) is 3. The molecule has 0 atom stereocenters. The number of hydrogen-bond acceptors (Lipinski definition) is 4. The van der Waals surface area contributed by atoms with Crippen LogP contribution in [0.5, 0.6) is 5.75 Å². The molecule has 0 unspecified atom stereocenters. The summed E-state index contributed by atoms with van der Waals surface area (Å²) in [6, 6.07) is 14.2. The van der Waals surface area contributed by atoms with Gasteiger partial charge in [-0.05, 0) is 60.5 Å². The maximum Gasteiger partial charge on any atom is 0.261 e. The number of carbonyl (C=O) groups excluding carboxylic acids is 2. The van der Waals surface area contributed by atoms with Gasteiger partial charge in [0.25, 0.3) is 5.91 Å². The zero-order valence-corrected chi connectivity index (χ0v) is 18.6. The van der Waals surface area contributed by atoms with Crippen LogP contribution in [0.4, 0.5) is 11.4 Å². The van der Waals surface area contributed by atoms with Crippen LogP contribution in [0.1, 0.15) is 44.5 Å². The molecule has 0 fully saturated rings. The van der Waals surface area contributed by atoms with Crippen LogP contribution >= 0.6 is 12.2 Å². The van der Waals surface area contributed by atoms with Gasteiger partial charge in [0.1, 0.15) is 5.75 Å². The lowest BCUT2D eigenvalue weighted by Crippen LogP contribution is -2.34. The van der Waals surface area contributed by atoms with E-state index in [9.17, 15) is 9.59 Å². The number of thiocarbonyl (C=S) groups is 1. The second-order valence-electron chi connectivity index (χ2n) is 7.83. The van der Waals surface area contributed by atoms with Crippen LogP contribution in [-0.4, -0.2) is 23.5 Å². The first-order valence-corrected chi connectivity index (χ1v) is 10.4. The van der Waals surface area contributed by atoms with Crippen molar-refractivity contribution in [2.75, 3.05) is 17.2 Å². The van der Waals surface area contributed by atoms with Gasteiger partial charge in [-0.2, -0.15) is 0 Å². The van der Waals surface area contributed by atoms with Gasteiger partial charge in [-0.1, -0.05) is 39.8 Å². The van der Waals surface area contributed by atoms with Gasteiger partial charge >= 0.3 is 0 Å². The predicted molar refractivity (Wildman–Crippen MR) is 125 cm³/mol. The summed E-state index contributed by atoms with van der Waals surface area (Å²) in [6.45, 7) is 8.60. The molecule has 0 spiro atoms. The molecule has 0 bridgehead atoms. The third kappa shape index (κ3) is 7.83. The lowest BCUT2D eigenvalue weighted by molar-refractivity contribution is -0.116. The second kappa shape index (κ2) is 11.3. The molecule has 0 aliphatic heterocycles. The fourth-order valence-electron chi connectivity index (χ4n) is 2.59. The normalized spacial score (nSPS) is 10.6. The molecule has 0 radical (unpaired) electrons. The molecule has 3 N–H and O–H groups in total. The number of carbonyl (C=O) groups is 2. The van der Waals surface area contributed by atoms with Crippen molar-refractivity contribution in [1.82, 2.24) is 5.32 Å². The van der Waals surface area contributed by atoms with Crippen LogP contribution in [-0.2, 0) is 4.79 Å². The highest BCUT2D eigenvalue weighted by Crippen LogP contribution is 2.19. The van der Waals surface area contributed by atoms with Crippen molar-refractivity contribution in [1.29, 1.82) is 0 Å². The summed E-state index contributed by atoms with van der Waals surface area (Å²) < 4.78 is 5.73. The maximum absolute atomic E-state index is 12.6. The topological polar surface area (TPSA) is 79.5 Å². The zero-order chi connectivity index (χ0) is 22.1. The standard InChI is InChI=1S/C23H29N3O3S/c1-15(2)13-21(27)24-17-9-11-18(12-10-17)25-23(30)26-22(28)19-7-5-6-8-20(19)29-14-16(3)4/h5-12,15-16H,13-14H2,1-4H3,(H,24,27)(H2,25,26,28,30). The molecule has 0 saturated carbocycles. The van der Waals surface area contributed by atoms with Crippen molar-refractivity contribution >= 4 is 40.5 Å². The molecule has 0 aliphatic carbocycles. The van der Waals surface area contributed by atoms with Crippen LogP contribution in [0.15, 0.2) is 48.5 Å². The van der Waals surface area contributed by atoms with Gasteiger partial charge in [-0.15, -0.1) is 0 Å². The van der Waals surface area contributed by atoms with Crippen molar-refractivity contribution in [2.24, 2.45) is 11.8 Å². The van der Waals surface area contributed by atoms with Crippen LogP contribution in [0.3, 0.4) is 0 Å². The first kappa shape index (κ1) is 23.3. The summed E-state index contributed by atoms with van der Waals surface area (Å²) in [5, 5.41) is 8.67. The third-order valence-electron chi connectivity index (χ3n) is 3.95. The number of ether oxygens (including phenoxy) is 1. The molecule has 7 heteroatoms. The molecule has 160 valence electrons. The number of rotatable bonds is 8. The van der Waals surface area contributed by atoms with E-state index in [1.807, 2.05) is 33.8 Å². The van der Waals surface area contributed by atoms with Gasteiger partial charge in [0.15, 0.2) is 5.11 Å². The van der Waals surface area contributed by atoms with E-state index in [1.54, 1.807) is 42.5 Å². The summed E-state index contributed by atoms with van der Waals surface area (Å²) >= 11 is 5.26. The van der Waals surface area contributed by atoms with Crippen LogP contribution in [0.25, 0.3) is 0 Å². The van der Waals surface area contributed by atoms with E-state index in [-0.39, 0.29) is 16.9 Å². The molecule has 2 aromatic carbocycles. The average molecular weight is 428 g/mol. The number of anilines is 2. The Balaban J connectivity index is 1.93. The quantitative estimate of drug-likeness (QED) is 0.526. The van der Waals surface area contributed by atoms with Gasteiger partial charge in [0, 0.05) is 17.8 Å². The minimum Gasteiger partial charge on any atom is -0.492 e. The minimum atomic E-state index is -0.343. The van der Waals surface area contributed by atoms with Crippen LogP contribution in [0.2, 0.25) is 0 Å². The Morgan fingerprint density at radius 1 is 0.900 bits per heavy atom. The van der Waals surface area contributed by atoms with Gasteiger partial charge in [0.05, 0.1) is 12.2 Å². The van der Waals surface area contributed by atoms with Gasteiger partial charge < -0.3 is 15.4 Å². The Morgan fingerprint density at radius 2 is 1.50 bits per heavy atom. The van der Waals surface area contributed by atoms with E-state index in [0.717, 1.165) is 0 Å². The van der Waals surface area contributed by atoms with Crippen molar-refractivity contribution in [3.05, 3.63) is 54.1 Å². The largest absolute Gasteiger partial charge is 0.492 e. The van der Waals surface area contributed by atoms with E-state index in [1.165, 1.54) is 0 Å². The molecule has 30 heavy (non-hydrogen) atoms. The Bertz CT molecular complexity index is 880. The smallest absolute Gasteiger partial charge is 0.261 e. The highest BCUT2D eigenvalue weighted by atomic mass is 32.1. The first-order chi connectivity index (χ1) is 14.2. The molecule has 0 heterocycles. The van der Waals surface area contributed by atoms with E-state index in [4.69, 9.17) is 17.0 Å². The summed E-state index contributed by atoms with van der Waals surface area (Å²) in [5.74, 6) is 0.805. The molecule has 0 aromatic heterocycles. The number of nitrogens with one attached hydrogen (secondary N) is 3. The lowest BCUT2D eigenvalue weighted by atomic mass is 10.1. The molecule has 0 saturated heterocycles. The number of para-hydroxylation sites is 1. The summed E-state index contributed by atoms with van der Waals surface area (Å²) in [7, 11) is 0. The van der Waals surface area contributed by atoms with E-state index < -0.39 is 0 Å². The van der Waals surface area contributed by atoms with Gasteiger partial charge in [-0.3, -0.25) is 14.9 Å². The Labute approximate surface area is 183 Å². The van der Waals surface area contributed by atoms with Crippen LogP contribution < -0.4 is 20.7 Å². The lowest BCUT2D eigenvalue weighted by Gasteiger charge is -2.14. The molecular weight excluding hydrogens is 398 g/mol. The second-order valence-corrected chi connectivity index (χ2v) is 8.24. The van der Waals surface area contributed by atoms with Crippen molar-refractivity contribution < 1.29 is 14.3 Å². The highest BCUT2D eigenvalue weighted by molar-refractivity contribution is 7.80. The fourth-order valence-corrected chi connectivity index (χ4v) is 2.80. The minimum absolute atomic E-state index is 0.0214. The maximum atomic E-state index is 12.6. The van der Waals surface area contributed by atoms with E-state index >= 15 is 0 Å². The third-order valence-corrected chi connectivity index (χ3v) is 4.16.